The van der Waals surface area contributed by atoms with Crippen LogP contribution >= 0.6 is 0 Å². The molecule has 1 heterocycles. The molecule has 1 atom stereocenters. The second-order valence-corrected chi connectivity index (χ2v) is 6.97. The van der Waals surface area contributed by atoms with E-state index in [0.717, 1.165) is 11.5 Å². The Hall–Kier alpha value is -1.22. The lowest BCUT2D eigenvalue weighted by Crippen LogP contribution is -2.32. The first-order valence-corrected chi connectivity index (χ1v) is 7.57. The van der Waals surface area contributed by atoms with Crippen molar-refractivity contribution >= 4 is 14.0 Å². The number of hydrogen-bond acceptors (Lipinski definition) is 2. The standard InChI is InChI=1S/C12H16O2Si/c1-5-15(4)10-8-6-7-9-11(10)14-12(2,3)13-9/h5-8,15H,1H2,2-4H3. The van der Waals surface area contributed by atoms with E-state index >= 15 is 0 Å². The summed E-state index contributed by atoms with van der Waals surface area (Å²) in [4.78, 5) is 0. The monoisotopic (exact) mass is 220 g/mol. The summed E-state index contributed by atoms with van der Waals surface area (Å²) in [6, 6.07) is 6.09. The lowest BCUT2D eigenvalue weighted by atomic mass is 10.3. The summed E-state index contributed by atoms with van der Waals surface area (Å²) in [7, 11) is -1.08. The van der Waals surface area contributed by atoms with Crippen LogP contribution in [-0.4, -0.2) is 14.6 Å². The van der Waals surface area contributed by atoms with Gasteiger partial charge in [-0.05, 0) is 11.3 Å². The molecular formula is C12H16O2Si. The molecule has 3 heteroatoms. The van der Waals surface area contributed by atoms with Crippen LogP contribution in [0.15, 0.2) is 30.5 Å². The fourth-order valence-electron chi connectivity index (χ4n) is 1.74. The smallest absolute Gasteiger partial charge is 0.246 e. The van der Waals surface area contributed by atoms with Crippen molar-refractivity contribution in [2.45, 2.75) is 26.2 Å². The summed E-state index contributed by atoms with van der Waals surface area (Å²) in [6.07, 6.45) is 0. The molecule has 2 nitrogen and oxygen atoms in total. The fourth-order valence-corrected chi connectivity index (χ4v) is 3.02. The highest BCUT2D eigenvalue weighted by molar-refractivity contribution is 6.77. The van der Waals surface area contributed by atoms with Crippen LogP contribution in [0.5, 0.6) is 11.5 Å². The van der Waals surface area contributed by atoms with Crippen LogP contribution < -0.4 is 14.7 Å². The maximum atomic E-state index is 5.81. The second-order valence-electron chi connectivity index (χ2n) is 4.30. The maximum Gasteiger partial charge on any atom is 0.246 e. The lowest BCUT2D eigenvalue weighted by molar-refractivity contribution is -0.0427. The Morgan fingerprint density at radius 2 is 2.07 bits per heavy atom. The molecule has 1 aliphatic rings. The number of para-hydroxylation sites is 1. The van der Waals surface area contributed by atoms with Gasteiger partial charge in [-0.3, -0.25) is 0 Å². The van der Waals surface area contributed by atoms with Gasteiger partial charge in [0.15, 0.2) is 11.5 Å². The summed E-state index contributed by atoms with van der Waals surface area (Å²) < 4.78 is 11.5. The van der Waals surface area contributed by atoms with E-state index in [1.165, 1.54) is 5.19 Å². The molecule has 0 N–H and O–H groups in total. The Morgan fingerprint density at radius 1 is 1.33 bits per heavy atom. The van der Waals surface area contributed by atoms with Crippen LogP contribution in [0.25, 0.3) is 0 Å². The van der Waals surface area contributed by atoms with E-state index in [1.54, 1.807) is 0 Å². The average molecular weight is 220 g/mol. The van der Waals surface area contributed by atoms with Gasteiger partial charge in [0, 0.05) is 13.8 Å². The molecule has 0 bridgehead atoms. The molecule has 0 amide bonds. The molecule has 0 spiro atoms. The molecule has 0 aliphatic carbocycles. The molecule has 0 radical (unpaired) electrons. The number of fused-ring (bicyclic) bond motifs is 1. The molecule has 1 aromatic carbocycles. The zero-order valence-electron chi connectivity index (χ0n) is 9.41. The third kappa shape index (κ3) is 1.79. The summed E-state index contributed by atoms with van der Waals surface area (Å²) in [6.45, 7) is 9.95. The van der Waals surface area contributed by atoms with Gasteiger partial charge < -0.3 is 9.47 Å². The molecule has 80 valence electrons. The van der Waals surface area contributed by atoms with Gasteiger partial charge >= 0.3 is 0 Å². The third-order valence-corrected chi connectivity index (χ3v) is 4.70. The van der Waals surface area contributed by atoms with E-state index < -0.39 is 14.6 Å². The van der Waals surface area contributed by atoms with Crippen molar-refractivity contribution < 1.29 is 9.47 Å². The molecule has 0 saturated carbocycles. The van der Waals surface area contributed by atoms with E-state index in [2.05, 4.69) is 19.2 Å². The van der Waals surface area contributed by atoms with Crippen molar-refractivity contribution in [2.24, 2.45) is 0 Å². The largest absolute Gasteiger partial charge is 0.449 e. The van der Waals surface area contributed by atoms with Crippen LogP contribution in [-0.2, 0) is 0 Å². The first-order valence-electron chi connectivity index (χ1n) is 5.17. The number of hydrogen-bond donors (Lipinski definition) is 0. The summed E-state index contributed by atoms with van der Waals surface area (Å²) in [5.74, 6) is 1.24. The molecule has 1 unspecified atom stereocenters. The van der Waals surface area contributed by atoms with Gasteiger partial charge in [0.2, 0.25) is 5.79 Å². The van der Waals surface area contributed by atoms with E-state index in [1.807, 2.05) is 31.7 Å². The second kappa shape index (κ2) is 3.42. The highest BCUT2D eigenvalue weighted by atomic mass is 28.3. The predicted octanol–water partition coefficient (Wildman–Crippen LogP) is 1.98. The summed E-state index contributed by atoms with van der Waals surface area (Å²) in [5, 5.41) is 1.27. The van der Waals surface area contributed by atoms with Gasteiger partial charge in [-0.15, -0.1) is 12.3 Å². The van der Waals surface area contributed by atoms with Gasteiger partial charge in [0.1, 0.15) is 0 Å². The Morgan fingerprint density at radius 3 is 2.73 bits per heavy atom. The van der Waals surface area contributed by atoms with E-state index in [4.69, 9.17) is 9.47 Å². The lowest BCUT2D eigenvalue weighted by Gasteiger charge is -2.17. The zero-order valence-corrected chi connectivity index (χ0v) is 10.6. The first kappa shape index (κ1) is 10.3. The minimum atomic E-state index is -1.08. The minimum Gasteiger partial charge on any atom is -0.449 e. The fraction of sp³-hybridized carbons (Fsp3) is 0.333. The zero-order chi connectivity index (χ0) is 11.1. The molecule has 0 saturated heterocycles. The van der Waals surface area contributed by atoms with Crippen LogP contribution in [0.3, 0.4) is 0 Å². The molecule has 0 fully saturated rings. The first-order chi connectivity index (χ1) is 7.03. The molecule has 0 aromatic heterocycles. The van der Waals surface area contributed by atoms with E-state index in [9.17, 15) is 0 Å². The van der Waals surface area contributed by atoms with E-state index in [0.29, 0.717) is 0 Å². The highest BCUT2D eigenvalue weighted by Crippen LogP contribution is 2.37. The number of ether oxygens (including phenoxy) is 2. The molecule has 1 aliphatic heterocycles. The average Bonchev–Trinajstić information content (AvgIpc) is 2.49. The van der Waals surface area contributed by atoms with Gasteiger partial charge in [-0.2, -0.15) is 0 Å². The predicted molar refractivity (Wildman–Crippen MR) is 64.6 cm³/mol. The van der Waals surface area contributed by atoms with Crippen molar-refractivity contribution in [3.05, 3.63) is 30.5 Å². The maximum absolute atomic E-state index is 5.81. The normalized spacial score (nSPS) is 18.6. The van der Waals surface area contributed by atoms with Crippen LogP contribution in [0.2, 0.25) is 6.55 Å². The van der Waals surface area contributed by atoms with Crippen molar-refractivity contribution in [3.8, 4) is 11.5 Å². The highest BCUT2D eigenvalue weighted by Gasteiger charge is 2.33. The molecular weight excluding hydrogens is 204 g/mol. The Kier molecular flexibility index (Phi) is 2.35. The summed E-state index contributed by atoms with van der Waals surface area (Å²) >= 11 is 0. The van der Waals surface area contributed by atoms with Crippen molar-refractivity contribution in [1.29, 1.82) is 0 Å². The molecule has 1 aromatic rings. The quantitative estimate of drug-likeness (QED) is 0.710. The topological polar surface area (TPSA) is 18.5 Å². The van der Waals surface area contributed by atoms with Crippen LogP contribution in [0.4, 0.5) is 0 Å². The number of benzene rings is 1. The van der Waals surface area contributed by atoms with Crippen molar-refractivity contribution in [2.75, 3.05) is 0 Å². The van der Waals surface area contributed by atoms with Gasteiger partial charge in [0.05, 0.1) is 8.80 Å². The van der Waals surface area contributed by atoms with Crippen molar-refractivity contribution in [3.63, 3.8) is 0 Å². The van der Waals surface area contributed by atoms with Gasteiger partial charge in [0.25, 0.3) is 0 Å². The van der Waals surface area contributed by atoms with E-state index in [-0.39, 0.29) is 0 Å². The Balaban J connectivity index is 2.46. The Labute approximate surface area is 92.1 Å². The molecule has 15 heavy (non-hydrogen) atoms. The minimum absolute atomic E-state index is 0.534. The van der Waals surface area contributed by atoms with Gasteiger partial charge in [-0.1, -0.05) is 18.7 Å². The van der Waals surface area contributed by atoms with Crippen LogP contribution in [0.1, 0.15) is 13.8 Å². The SMILES string of the molecule is C=C[SiH](C)c1cccc2c1OC(C)(C)O2. The Bertz CT molecular complexity index is 399. The number of rotatable bonds is 2. The molecule has 2 rings (SSSR count). The van der Waals surface area contributed by atoms with Crippen molar-refractivity contribution in [1.82, 2.24) is 0 Å². The van der Waals surface area contributed by atoms with Crippen LogP contribution in [0, 0.1) is 0 Å². The summed E-state index contributed by atoms with van der Waals surface area (Å²) in [5.41, 5.74) is 2.05. The van der Waals surface area contributed by atoms with Gasteiger partial charge in [-0.25, -0.2) is 0 Å². The third-order valence-electron chi connectivity index (χ3n) is 2.56.